The average molecular weight is 398 g/mol. The van der Waals surface area contributed by atoms with E-state index in [0.717, 1.165) is 22.0 Å². The Hall–Kier alpha value is -2.06. The Morgan fingerprint density at radius 1 is 0.929 bits per heavy atom. The van der Waals surface area contributed by atoms with E-state index in [1.165, 1.54) is 51.4 Å². The van der Waals surface area contributed by atoms with E-state index in [2.05, 4.69) is 23.0 Å². The van der Waals surface area contributed by atoms with Gasteiger partial charge in [-0.1, -0.05) is 75.8 Å². The van der Waals surface area contributed by atoms with E-state index in [0.29, 0.717) is 5.75 Å². The maximum atomic E-state index is 8.80. The summed E-state index contributed by atoms with van der Waals surface area (Å²) in [6.45, 7) is 3.99. The first-order valence-electron chi connectivity index (χ1n) is 10.3. The van der Waals surface area contributed by atoms with Crippen LogP contribution in [0, 0.1) is 11.3 Å². The summed E-state index contributed by atoms with van der Waals surface area (Å²) >= 11 is 1.74. The molecule has 0 aliphatic heterocycles. The first-order valence-corrected chi connectivity index (χ1v) is 11.3. The van der Waals surface area contributed by atoms with Crippen LogP contribution in [0.4, 0.5) is 0 Å². The largest absolute Gasteiger partial charge is 0.476 e. The molecule has 0 unspecified atom stereocenters. The fourth-order valence-corrected chi connectivity index (χ4v) is 3.68. The van der Waals surface area contributed by atoms with Gasteiger partial charge in [-0.3, -0.25) is 0 Å². The molecule has 2 rings (SSSR count). The van der Waals surface area contributed by atoms with E-state index in [9.17, 15) is 0 Å². The molecule has 4 nitrogen and oxygen atoms in total. The summed E-state index contributed by atoms with van der Waals surface area (Å²) in [7, 11) is 0. The van der Waals surface area contributed by atoms with Crippen LogP contribution in [0.15, 0.2) is 41.8 Å². The molecular weight excluding hydrogens is 366 g/mol. The molecule has 0 bridgehead atoms. The molecule has 5 heteroatoms. The van der Waals surface area contributed by atoms with Gasteiger partial charge in [0.25, 0.3) is 0 Å². The van der Waals surface area contributed by atoms with Crippen LogP contribution in [0.25, 0.3) is 11.1 Å². The van der Waals surface area contributed by atoms with Gasteiger partial charge in [-0.05, 0) is 31.0 Å². The van der Waals surface area contributed by atoms with Gasteiger partial charge >= 0.3 is 0 Å². The number of aromatic nitrogens is 2. The molecule has 2 aromatic rings. The summed E-state index contributed by atoms with van der Waals surface area (Å²) in [6, 6.07) is 9.73. The number of rotatable bonds is 13. The highest BCUT2D eigenvalue weighted by molar-refractivity contribution is 7.99. The van der Waals surface area contributed by atoms with Gasteiger partial charge in [0, 0.05) is 23.7 Å². The minimum atomic E-state index is -0.452. The number of thioether (sulfide) groups is 1. The summed E-state index contributed by atoms with van der Waals surface area (Å²) in [6.07, 6.45) is 14.0. The predicted molar refractivity (Wildman–Crippen MR) is 117 cm³/mol. The molecule has 150 valence electrons. The van der Waals surface area contributed by atoms with Crippen molar-refractivity contribution < 1.29 is 4.74 Å². The van der Waals surface area contributed by atoms with Crippen LogP contribution in [0.1, 0.15) is 65.2 Å². The minimum absolute atomic E-state index is 0.452. The van der Waals surface area contributed by atoms with Crippen molar-refractivity contribution >= 4 is 11.8 Å². The molecule has 1 aromatic heterocycles. The van der Waals surface area contributed by atoms with E-state index in [-0.39, 0.29) is 0 Å². The number of nitriles is 1. The van der Waals surface area contributed by atoms with Crippen molar-refractivity contribution in [2.75, 3.05) is 5.75 Å². The van der Waals surface area contributed by atoms with Gasteiger partial charge in [-0.25, -0.2) is 9.97 Å². The zero-order valence-electron chi connectivity index (χ0n) is 17.1. The highest BCUT2D eigenvalue weighted by atomic mass is 32.2. The Bertz CT molecular complexity index is 710. The molecule has 1 heterocycles. The van der Waals surface area contributed by atoms with Gasteiger partial charge in [0.2, 0.25) is 0 Å². The Kier molecular flexibility index (Phi) is 10.5. The molecule has 1 aromatic carbocycles. The molecule has 0 spiro atoms. The molecule has 28 heavy (non-hydrogen) atoms. The zero-order valence-corrected chi connectivity index (χ0v) is 17.9. The van der Waals surface area contributed by atoms with Gasteiger partial charge in [0.05, 0.1) is 0 Å². The lowest BCUT2D eigenvalue weighted by Gasteiger charge is -2.08. The van der Waals surface area contributed by atoms with Crippen molar-refractivity contribution in [3.8, 4) is 22.9 Å². The van der Waals surface area contributed by atoms with Crippen LogP contribution in [0.3, 0.4) is 0 Å². The SMILES string of the molecule is CCCCCCCCCCSc1ncc(-c2ccc(O[C@H](C)C#N)cc2)cn1. The van der Waals surface area contributed by atoms with E-state index < -0.39 is 6.10 Å². The monoisotopic (exact) mass is 397 g/mol. The topological polar surface area (TPSA) is 58.8 Å². The van der Waals surface area contributed by atoms with Crippen molar-refractivity contribution in [2.24, 2.45) is 0 Å². The Morgan fingerprint density at radius 2 is 1.54 bits per heavy atom. The maximum Gasteiger partial charge on any atom is 0.187 e. The molecule has 0 aliphatic carbocycles. The number of hydrogen-bond donors (Lipinski definition) is 0. The van der Waals surface area contributed by atoms with Crippen LogP contribution in [-0.4, -0.2) is 21.8 Å². The second kappa shape index (κ2) is 13.2. The van der Waals surface area contributed by atoms with Crippen molar-refractivity contribution in [1.29, 1.82) is 5.26 Å². The van der Waals surface area contributed by atoms with Gasteiger partial charge in [0.15, 0.2) is 11.3 Å². The summed E-state index contributed by atoms with van der Waals surface area (Å²) < 4.78 is 5.47. The first-order chi connectivity index (χ1) is 13.7. The number of ether oxygens (including phenoxy) is 1. The smallest absolute Gasteiger partial charge is 0.187 e. The second-order valence-electron chi connectivity index (χ2n) is 6.99. The van der Waals surface area contributed by atoms with E-state index in [1.54, 1.807) is 18.7 Å². The fourth-order valence-electron chi connectivity index (χ4n) is 2.90. The highest BCUT2D eigenvalue weighted by Gasteiger charge is 2.04. The lowest BCUT2D eigenvalue weighted by atomic mass is 10.1. The van der Waals surface area contributed by atoms with E-state index in [4.69, 9.17) is 10.00 Å². The Labute approximate surface area is 173 Å². The first kappa shape index (κ1) is 22.2. The third kappa shape index (κ3) is 8.31. The summed E-state index contributed by atoms with van der Waals surface area (Å²) in [5.74, 6) is 1.77. The molecule has 0 N–H and O–H groups in total. The van der Waals surface area contributed by atoms with Crippen molar-refractivity contribution in [2.45, 2.75) is 76.5 Å². The summed E-state index contributed by atoms with van der Waals surface area (Å²) in [5, 5.41) is 9.65. The molecule has 0 fully saturated rings. The minimum Gasteiger partial charge on any atom is -0.476 e. The normalized spacial score (nSPS) is 11.8. The van der Waals surface area contributed by atoms with Crippen molar-refractivity contribution in [1.82, 2.24) is 9.97 Å². The molecule has 0 saturated carbocycles. The van der Waals surface area contributed by atoms with Gasteiger partial charge in [0.1, 0.15) is 11.8 Å². The molecule has 0 amide bonds. The Balaban J connectivity index is 1.69. The number of unbranched alkanes of at least 4 members (excludes halogenated alkanes) is 7. The fraction of sp³-hybridized carbons (Fsp3) is 0.522. The predicted octanol–water partition coefficient (Wildman–Crippen LogP) is 6.67. The average Bonchev–Trinajstić information content (AvgIpc) is 2.73. The molecular formula is C23H31N3OS. The van der Waals surface area contributed by atoms with E-state index >= 15 is 0 Å². The van der Waals surface area contributed by atoms with E-state index in [1.807, 2.05) is 36.7 Å². The van der Waals surface area contributed by atoms with Crippen LogP contribution in [-0.2, 0) is 0 Å². The van der Waals surface area contributed by atoms with Crippen molar-refractivity contribution in [3.63, 3.8) is 0 Å². The lowest BCUT2D eigenvalue weighted by molar-refractivity contribution is 0.276. The zero-order chi connectivity index (χ0) is 20.0. The highest BCUT2D eigenvalue weighted by Crippen LogP contribution is 2.23. The van der Waals surface area contributed by atoms with Crippen LogP contribution >= 0.6 is 11.8 Å². The summed E-state index contributed by atoms with van der Waals surface area (Å²) in [5.41, 5.74) is 2.02. The second-order valence-corrected chi connectivity index (χ2v) is 8.05. The van der Waals surface area contributed by atoms with Gasteiger partial charge in [-0.2, -0.15) is 5.26 Å². The quantitative estimate of drug-likeness (QED) is 0.215. The number of nitrogens with zero attached hydrogens (tertiary/aromatic N) is 3. The van der Waals surface area contributed by atoms with Crippen molar-refractivity contribution in [3.05, 3.63) is 36.7 Å². The third-order valence-electron chi connectivity index (χ3n) is 4.54. The Morgan fingerprint density at radius 3 is 2.14 bits per heavy atom. The molecule has 0 radical (unpaired) electrons. The van der Waals surface area contributed by atoms with Crippen LogP contribution in [0.5, 0.6) is 5.75 Å². The summed E-state index contributed by atoms with van der Waals surface area (Å²) in [4.78, 5) is 8.97. The number of hydrogen-bond acceptors (Lipinski definition) is 5. The molecule has 1 atom stereocenters. The van der Waals surface area contributed by atoms with Crippen LogP contribution in [0.2, 0.25) is 0 Å². The van der Waals surface area contributed by atoms with Crippen LogP contribution < -0.4 is 4.74 Å². The lowest BCUT2D eigenvalue weighted by Crippen LogP contribution is -2.07. The number of benzene rings is 1. The molecule has 0 saturated heterocycles. The van der Waals surface area contributed by atoms with Gasteiger partial charge in [-0.15, -0.1) is 0 Å². The standard InChI is InChI=1S/C23H31N3OS/c1-3-4-5-6-7-8-9-10-15-28-23-25-17-21(18-26-23)20-11-13-22(14-12-20)27-19(2)16-24/h11-14,17-19H,3-10,15H2,1-2H3/t19-/m1/s1. The molecule has 0 aliphatic rings. The maximum absolute atomic E-state index is 8.80. The third-order valence-corrected chi connectivity index (χ3v) is 5.50. The van der Waals surface area contributed by atoms with Gasteiger partial charge < -0.3 is 4.74 Å².